The summed E-state index contributed by atoms with van der Waals surface area (Å²) >= 11 is 0. The quantitative estimate of drug-likeness (QED) is 0.290. The molecule has 1 aromatic heterocycles. The Morgan fingerprint density at radius 3 is 2.85 bits per heavy atom. The number of nitrogens with zero attached hydrogens (tertiary/aromatic N) is 1. The van der Waals surface area contributed by atoms with E-state index in [4.69, 9.17) is 11.5 Å². The van der Waals surface area contributed by atoms with Crippen LogP contribution in [0.2, 0.25) is 0 Å². The maximum absolute atomic E-state index is 11.2. The molecule has 0 radical (unpaired) electrons. The summed E-state index contributed by atoms with van der Waals surface area (Å²) in [6, 6.07) is 3.33. The first-order valence-corrected chi connectivity index (χ1v) is 3.55. The van der Waals surface area contributed by atoms with Crippen LogP contribution in [0.25, 0.3) is 0 Å². The predicted molar refractivity (Wildman–Crippen MR) is 46.3 cm³/mol. The molecule has 0 saturated carbocycles. The second kappa shape index (κ2) is 4.05. The SMILES string of the molecule is NC(N)=NNC(=O)c1ccc[nH+]c1. The van der Waals surface area contributed by atoms with Gasteiger partial charge in [-0.2, -0.15) is 0 Å². The summed E-state index contributed by atoms with van der Waals surface area (Å²) in [5.41, 5.74) is 12.7. The van der Waals surface area contributed by atoms with Gasteiger partial charge in [0.15, 0.2) is 12.4 Å². The minimum atomic E-state index is -0.370. The van der Waals surface area contributed by atoms with E-state index in [0.29, 0.717) is 5.56 Å². The van der Waals surface area contributed by atoms with Crippen LogP contribution < -0.4 is 21.9 Å². The van der Waals surface area contributed by atoms with E-state index in [1.54, 1.807) is 18.3 Å². The van der Waals surface area contributed by atoms with E-state index in [9.17, 15) is 4.79 Å². The Labute approximate surface area is 74.6 Å². The molecule has 0 aromatic carbocycles. The Balaban J connectivity index is 2.65. The summed E-state index contributed by atoms with van der Waals surface area (Å²) in [6.07, 6.45) is 3.23. The van der Waals surface area contributed by atoms with Gasteiger partial charge in [-0.05, 0) is 6.07 Å². The molecule has 0 unspecified atom stereocenters. The molecule has 0 aliphatic heterocycles. The van der Waals surface area contributed by atoms with Crippen LogP contribution in [0.5, 0.6) is 0 Å². The van der Waals surface area contributed by atoms with E-state index in [1.807, 2.05) is 0 Å². The summed E-state index contributed by atoms with van der Waals surface area (Å²) < 4.78 is 0. The number of nitrogens with two attached hydrogens (primary N) is 2. The molecular weight excluding hydrogens is 170 g/mol. The number of aromatic amines is 1. The number of amides is 1. The van der Waals surface area contributed by atoms with Crippen molar-refractivity contribution in [2.45, 2.75) is 0 Å². The van der Waals surface area contributed by atoms with Gasteiger partial charge in [-0.25, -0.2) is 10.4 Å². The molecule has 68 valence electrons. The minimum Gasteiger partial charge on any atom is -0.369 e. The summed E-state index contributed by atoms with van der Waals surface area (Å²) in [5.74, 6) is -0.557. The topological polar surface area (TPSA) is 108 Å². The maximum atomic E-state index is 11.2. The van der Waals surface area contributed by atoms with Crippen molar-refractivity contribution in [3.63, 3.8) is 0 Å². The zero-order chi connectivity index (χ0) is 9.68. The molecule has 0 bridgehead atoms. The fraction of sp³-hybridized carbons (Fsp3) is 0. The lowest BCUT2D eigenvalue weighted by molar-refractivity contribution is -0.378. The number of pyridine rings is 1. The van der Waals surface area contributed by atoms with Gasteiger partial charge in [-0.1, -0.05) is 0 Å². The van der Waals surface area contributed by atoms with Crippen molar-refractivity contribution in [1.29, 1.82) is 0 Å². The van der Waals surface area contributed by atoms with Gasteiger partial charge in [-0.15, -0.1) is 5.10 Å². The first kappa shape index (κ1) is 8.98. The fourth-order valence-electron chi connectivity index (χ4n) is 0.714. The third kappa shape index (κ3) is 2.78. The molecular formula is C7H10N5O+. The van der Waals surface area contributed by atoms with Crippen LogP contribution in [0.15, 0.2) is 29.6 Å². The minimum absolute atomic E-state index is 0.187. The Kier molecular flexibility index (Phi) is 2.80. The van der Waals surface area contributed by atoms with Gasteiger partial charge < -0.3 is 11.5 Å². The molecule has 0 aliphatic carbocycles. The molecule has 13 heavy (non-hydrogen) atoms. The number of rotatable bonds is 2. The summed E-state index contributed by atoms with van der Waals surface area (Å²) in [6.45, 7) is 0. The van der Waals surface area contributed by atoms with Crippen LogP contribution in [0.4, 0.5) is 0 Å². The monoisotopic (exact) mass is 180 g/mol. The number of carbonyl (C=O) groups is 1. The highest BCUT2D eigenvalue weighted by atomic mass is 16.2. The first-order chi connectivity index (χ1) is 6.20. The van der Waals surface area contributed by atoms with E-state index in [-0.39, 0.29) is 11.9 Å². The maximum Gasteiger partial charge on any atom is 0.277 e. The number of carbonyl (C=O) groups excluding carboxylic acids is 1. The summed E-state index contributed by atoms with van der Waals surface area (Å²) in [5, 5.41) is 3.36. The highest BCUT2D eigenvalue weighted by Crippen LogP contribution is 1.91. The number of hydrazone groups is 1. The number of nitrogens with one attached hydrogen (secondary N) is 2. The van der Waals surface area contributed by atoms with E-state index >= 15 is 0 Å². The largest absolute Gasteiger partial charge is 0.369 e. The van der Waals surface area contributed by atoms with Crippen LogP contribution in [0.1, 0.15) is 10.4 Å². The van der Waals surface area contributed by atoms with Crippen molar-refractivity contribution in [2.75, 3.05) is 0 Å². The fourth-order valence-corrected chi connectivity index (χ4v) is 0.714. The molecule has 6 N–H and O–H groups in total. The van der Waals surface area contributed by atoms with Gasteiger partial charge in [0, 0.05) is 6.07 Å². The zero-order valence-electron chi connectivity index (χ0n) is 6.82. The number of aromatic nitrogens is 1. The van der Waals surface area contributed by atoms with Crippen LogP contribution in [-0.2, 0) is 0 Å². The average Bonchev–Trinajstić information content (AvgIpc) is 2.15. The molecule has 0 spiro atoms. The van der Waals surface area contributed by atoms with Gasteiger partial charge in [0.2, 0.25) is 5.96 Å². The molecule has 1 heterocycles. The Morgan fingerprint density at radius 1 is 1.54 bits per heavy atom. The molecule has 1 aromatic rings. The molecule has 0 aliphatic rings. The lowest BCUT2D eigenvalue weighted by atomic mass is 10.3. The molecule has 6 heteroatoms. The highest BCUT2D eigenvalue weighted by Gasteiger charge is 2.05. The molecule has 0 atom stereocenters. The third-order valence-electron chi connectivity index (χ3n) is 1.26. The first-order valence-electron chi connectivity index (χ1n) is 3.55. The van der Waals surface area contributed by atoms with E-state index in [0.717, 1.165) is 0 Å². The van der Waals surface area contributed by atoms with Crippen molar-refractivity contribution >= 4 is 11.9 Å². The average molecular weight is 180 g/mol. The van der Waals surface area contributed by atoms with Gasteiger partial charge in [0.25, 0.3) is 5.91 Å². The lowest BCUT2D eigenvalue weighted by Gasteiger charge is -1.96. The standard InChI is InChI=1S/C7H9N5O/c8-7(9)12-11-6(13)5-2-1-3-10-4-5/h1-4H,(H,11,13)(H4,8,9,12)/p+1. The Morgan fingerprint density at radius 2 is 2.31 bits per heavy atom. The summed E-state index contributed by atoms with van der Waals surface area (Å²) in [4.78, 5) is 14.0. The van der Waals surface area contributed by atoms with Gasteiger partial charge in [-0.3, -0.25) is 4.79 Å². The molecule has 1 rings (SSSR count). The second-order valence-corrected chi connectivity index (χ2v) is 2.27. The molecule has 0 fully saturated rings. The lowest BCUT2D eigenvalue weighted by Crippen LogP contribution is -2.29. The van der Waals surface area contributed by atoms with Crippen molar-refractivity contribution in [3.05, 3.63) is 30.1 Å². The Bertz CT molecular complexity index is 317. The van der Waals surface area contributed by atoms with Crippen molar-refractivity contribution < 1.29 is 9.78 Å². The van der Waals surface area contributed by atoms with Crippen LogP contribution in [-0.4, -0.2) is 11.9 Å². The van der Waals surface area contributed by atoms with E-state index < -0.39 is 0 Å². The number of hydrogen-bond donors (Lipinski definition) is 3. The zero-order valence-corrected chi connectivity index (χ0v) is 6.82. The van der Waals surface area contributed by atoms with E-state index in [1.165, 1.54) is 6.20 Å². The normalized spacial score (nSPS) is 8.92. The van der Waals surface area contributed by atoms with Crippen molar-refractivity contribution in [3.8, 4) is 0 Å². The van der Waals surface area contributed by atoms with Gasteiger partial charge in [0.1, 0.15) is 5.56 Å². The van der Waals surface area contributed by atoms with Gasteiger partial charge in [0.05, 0.1) is 0 Å². The summed E-state index contributed by atoms with van der Waals surface area (Å²) in [7, 11) is 0. The number of guanidine groups is 1. The molecule has 1 amide bonds. The smallest absolute Gasteiger partial charge is 0.277 e. The second-order valence-electron chi connectivity index (χ2n) is 2.27. The Hall–Kier alpha value is -2.11. The van der Waals surface area contributed by atoms with Crippen LogP contribution in [0, 0.1) is 0 Å². The van der Waals surface area contributed by atoms with E-state index in [2.05, 4.69) is 15.5 Å². The number of H-pyrrole nitrogens is 1. The van der Waals surface area contributed by atoms with Crippen molar-refractivity contribution in [2.24, 2.45) is 16.6 Å². The highest BCUT2D eigenvalue weighted by molar-refractivity contribution is 5.94. The predicted octanol–water partition coefficient (Wildman–Crippen LogP) is -1.58. The van der Waals surface area contributed by atoms with Crippen LogP contribution >= 0.6 is 0 Å². The number of hydrogen-bond acceptors (Lipinski definition) is 2. The third-order valence-corrected chi connectivity index (χ3v) is 1.26. The van der Waals surface area contributed by atoms with Gasteiger partial charge >= 0.3 is 0 Å². The molecule has 0 saturated heterocycles. The molecule has 6 nitrogen and oxygen atoms in total. The van der Waals surface area contributed by atoms with Crippen molar-refractivity contribution in [1.82, 2.24) is 5.43 Å². The van der Waals surface area contributed by atoms with Crippen LogP contribution in [0.3, 0.4) is 0 Å².